The van der Waals surface area contributed by atoms with Gasteiger partial charge in [0.1, 0.15) is 5.75 Å². The SMILES string of the molecule is O=P(NCc1ccccc1)(Oc1ccc2ccccc2c1)c1ccccc1. The molecule has 0 heterocycles. The van der Waals surface area contributed by atoms with Gasteiger partial charge in [-0.05, 0) is 40.6 Å². The van der Waals surface area contributed by atoms with E-state index in [0.29, 0.717) is 17.6 Å². The topological polar surface area (TPSA) is 38.3 Å². The number of rotatable bonds is 6. The number of benzene rings is 4. The van der Waals surface area contributed by atoms with Gasteiger partial charge in [0, 0.05) is 6.54 Å². The zero-order valence-electron chi connectivity index (χ0n) is 14.8. The lowest BCUT2D eigenvalue weighted by Gasteiger charge is -2.21. The van der Waals surface area contributed by atoms with Crippen LogP contribution in [-0.4, -0.2) is 0 Å². The molecule has 0 aliphatic heterocycles. The Hall–Kier alpha value is -2.87. The van der Waals surface area contributed by atoms with Crippen molar-refractivity contribution in [3.63, 3.8) is 0 Å². The maximum atomic E-state index is 13.8. The van der Waals surface area contributed by atoms with Crippen molar-refractivity contribution < 1.29 is 9.09 Å². The largest absolute Gasteiger partial charge is 0.430 e. The van der Waals surface area contributed by atoms with Crippen LogP contribution in [0.4, 0.5) is 0 Å². The number of hydrogen-bond acceptors (Lipinski definition) is 2. The molecule has 1 N–H and O–H groups in total. The first kappa shape index (κ1) is 17.5. The van der Waals surface area contributed by atoms with Gasteiger partial charge in [0.15, 0.2) is 0 Å². The van der Waals surface area contributed by atoms with Crippen molar-refractivity contribution in [2.24, 2.45) is 0 Å². The van der Waals surface area contributed by atoms with Crippen LogP contribution in [0.5, 0.6) is 5.75 Å². The summed E-state index contributed by atoms with van der Waals surface area (Å²) in [7, 11) is -3.29. The van der Waals surface area contributed by atoms with Gasteiger partial charge in [0.2, 0.25) is 0 Å². The van der Waals surface area contributed by atoms with Gasteiger partial charge >= 0.3 is 7.52 Å². The standard InChI is InChI=1S/C23H20NO2P/c25-27(23-13-5-2-6-14-23,24-18-19-9-3-1-4-10-19)26-22-16-15-20-11-7-8-12-21(20)17-22/h1-17H,18H2,(H,24,25). The summed E-state index contributed by atoms with van der Waals surface area (Å²) < 4.78 is 19.8. The average Bonchev–Trinajstić information content (AvgIpc) is 2.74. The molecule has 0 radical (unpaired) electrons. The second-order valence-electron chi connectivity index (χ2n) is 6.31. The van der Waals surface area contributed by atoms with Crippen LogP contribution in [0.1, 0.15) is 5.56 Å². The smallest absolute Gasteiger partial charge is 0.347 e. The fourth-order valence-electron chi connectivity index (χ4n) is 2.96. The highest BCUT2D eigenvalue weighted by Crippen LogP contribution is 2.43. The van der Waals surface area contributed by atoms with E-state index in [4.69, 9.17) is 4.52 Å². The minimum Gasteiger partial charge on any atom is -0.430 e. The molecule has 134 valence electrons. The summed E-state index contributed by atoms with van der Waals surface area (Å²) in [5.41, 5.74) is 1.05. The van der Waals surface area contributed by atoms with Crippen LogP contribution < -0.4 is 14.9 Å². The third-order valence-corrected chi connectivity index (χ3v) is 6.41. The Morgan fingerprint density at radius 1 is 0.704 bits per heavy atom. The maximum Gasteiger partial charge on any atom is 0.347 e. The lowest BCUT2D eigenvalue weighted by atomic mass is 10.1. The van der Waals surface area contributed by atoms with Gasteiger partial charge in [0.25, 0.3) is 0 Å². The molecule has 0 amide bonds. The Labute approximate surface area is 159 Å². The average molecular weight is 373 g/mol. The summed E-state index contributed by atoms with van der Waals surface area (Å²) in [4.78, 5) is 0. The first-order chi connectivity index (χ1) is 13.2. The molecule has 4 heteroatoms. The van der Waals surface area contributed by atoms with Gasteiger partial charge in [-0.25, -0.2) is 5.09 Å². The first-order valence-corrected chi connectivity index (χ1v) is 10.5. The van der Waals surface area contributed by atoms with Gasteiger partial charge in [-0.15, -0.1) is 0 Å². The van der Waals surface area contributed by atoms with Crippen LogP contribution in [0.2, 0.25) is 0 Å². The maximum absolute atomic E-state index is 13.8. The van der Waals surface area contributed by atoms with Gasteiger partial charge in [0.05, 0.1) is 5.30 Å². The summed E-state index contributed by atoms with van der Waals surface area (Å²) in [5.74, 6) is 0.585. The molecule has 1 atom stereocenters. The third kappa shape index (κ3) is 4.11. The van der Waals surface area contributed by atoms with Crippen molar-refractivity contribution in [2.45, 2.75) is 6.54 Å². The molecule has 3 nitrogen and oxygen atoms in total. The molecule has 0 saturated carbocycles. The van der Waals surface area contributed by atoms with E-state index in [2.05, 4.69) is 5.09 Å². The Balaban J connectivity index is 1.65. The summed E-state index contributed by atoms with van der Waals surface area (Å²) >= 11 is 0. The lowest BCUT2D eigenvalue weighted by molar-refractivity contribution is 0.478. The summed E-state index contributed by atoms with van der Waals surface area (Å²) in [6, 6.07) is 33.0. The zero-order valence-corrected chi connectivity index (χ0v) is 15.7. The number of nitrogens with one attached hydrogen (secondary N) is 1. The second kappa shape index (κ2) is 7.79. The molecule has 0 fully saturated rings. The van der Waals surface area contributed by atoms with Crippen LogP contribution in [0.25, 0.3) is 10.8 Å². The molecule has 0 aliphatic carbocycles. The normalized spacial score (nSPS) is 13.2. The zero-order chi connectivity index (χ0) is 18.5. The van der Waals surface area contributed by atoms with Crippen molar-refractivity contribution in [1.29, 1.82) is 0 Å². The van der Waals surface area contributed by atoms with E-state index >= 15 is 0 Å². The number of fused-ring (bicyclic) bond motifs is 1. The van der Waals surface area contributed by atoms with Crippen LogP contribution in [-0.2, 0) is 11.1 Å². The second-order valence-corrected chi connectivity index (χ2v) is 8.43. The van der Waals surface area contributed by atoms with Crippen LogP contribution in [0, 0.1) is 0 Å². The Kier molecular flexibility index (Phi) is 5.06. The molecule has 0 saturated heterocycles. The van der Waals surface area contributed by atoms with E-state index in [0.717, 1.165) is 16.3 Å². The Morgan fingerprint density at radius 2 is 1.33 bits per heavy atom. The highest BCUT2D eigenvalue weighted by atomic mass is 31.2. The molecule has 0 bridgehead atoms. The van der Waals surface area contributed by atoms with E-state index in [1.807, 2.05) is 103 Å². The van der Waals surface area contributed by atoms with E-state index in [9.17, 15) is 4.57 Å². The molecule has 4 aromatic rings. The minimum absolute atomic E-state index is 0.459. The van der Waals surface area contributed by atoms with Gasteiger partial charge in [-0.3, -0.25) is 4.57 Å². The lowest BCUT2D eigenvalue weighted by Crippen LogP contribution is -2.23. The van der Waals surface area contributed by atoms with Gasteiger partial charge < -0.3 is 4.52 Å². The van der Waals surface area contributed by atoms with Crippen molar-refractivity contribution in [1.82, 2.24) is 5.09 Å². The van der Waals surface area contributed by atoms with E-state index in [-0.39, 0.29) is 0 Å². The molecular formula is C23H20NO2P. The molecule has 1 unspecified atom stereocenters. The minimum atomic E-state index is -3.29. The molecule has 4 aromatic carbocycles. The van der Waals surface area contributed by atoms with Crippen molar-refractivity contribution >= 4 is 23.6 Å². The Bertz CT molecular complexity index is 1080. The molecule has 27 heavy (non-hydrogen) atoms. The monoisotopic (exact) mass is 373 g/mol. The van der Waals surface area contributed by atoms with E-state index < -0.39 is 7.52 Å². The summed E-state index contributed by atoms with van der Waals surface area (Å²) in [6.45, 7) is 0.459. The fraction of sp³-hybridized carbons (Fsp3) is 0.0435. The molecule has 0 aromatic heterocycles. The van der Waals surface area contributed by atoms with E-state index in [1.165, 1.54) is 0 Å². The highest BCUT2D eigenvalue weighted by Gasteiger charge is 2.27. The third-order valence-electron chi connectivity index (χ3n) is 4.39. The first-order valence-electron chi connectivity index (χ1n) is 8.86. The quantitative estimate of drug-likeness (QED) is 0.452. The number of hydrogen-bond donors (Lipinski definition) is 1. The van der Waals surface area contributed by atoms with Crippen molar-refractivity contribution in [3.05, 3.63) is 109 Å². The van der Waals surface area contributed by atoms with Crippen LogP contribution in [0.3, 0.4) is 0 Å². The molecule has 4 rings (SSSR count). The summed E-state index contributed by atoms with van der Waals surface area (Å²) in [6.07, 6.45) is 0. The highest BCUT2D eigenvalue weighted by molar-refractivity contribution is 7.65. The van der Waals surface area contributed by atoms with Gasteiger partial charge in [-0.2, -0.15) is 0 Å². The predicted octanol–water partition coefficient (Wildman–Crippen LogP) is 5.53. The van der Waals surface area contributed by atoms with E-state index in [1.54, 1.807) is 0 Å². The van der Waals surface area contributed by atoms with Crippen molar-refractivity contribution in [2.75, 3.05) is 0 Å². The summed E-state index contributed by atoms with van der Waals surface area (Å²) in [5, 5.41) is 5.98. The van der Waals surface area contributed by atoms with Crippen molar-refractivity contribution in [3.8, 4) is 5.75 Å². The molecule has 0 spiro atoms. The van der Waals surface area contributed by atoms with Crippen LogP contribution in [0.15, 0.2) is 103 Å². The fourth-order valence-corrected chi connectivity index (χ4v) is 4.68. The van der Waals surface area contributed by atoms with Gasteiger partial charge in [-0.1, -0.05) is 78.9 Å². The Morgan fingerprint density at radius 3 is 2.07 bits per heavy atom. The molecule has 0 aliphatic rings. The predicted molar refractivity (Wildman–Crippen MR) is 112 cm³/mol. The molecular weight excluding hydrogens is 353 g/mol. The van der Waals surface area contributed by atoms with Crippen LogP contribution >= 0.6 is 7.52 Å².